The van der Waals surface area contributed by atoms with Gasteiger partial charge in [-0.25, -0.2) is 0 Å². The molecule has 0 heterocycles. The lowest BCUT2D eigenvalue weighted by Gasteiger charge is -2.18. The minimum Gasteiger partial charge on any atom is -0.410 e. The summed E-state index contributed by atoms with van der Waals surface area (Å²) < 4.78 is 0. The number of aryl methyl sites for hydroxylation is 2. The van der Waals surface area contributed by atoms with Gasteiger partial charge in [0.25, 0.3) is 0 Å². The molecule has 0 amide bonds. The van der Waals surface area contributed by atoms with Crippen LogP contribution in [0.2, 0.25) is 0 Å². The first kappa shape index (κ1) is 21.0. The molecule has 0 aliphatic heterocycles. The summed E-state index contributed by atoms with van der Waals surface area (Å²) in [6, 6.07) is 37.2. The van der Waals surface area contributed by atoms with E-state index < -0.39 is 0 Å². The lowest BCUT2D eigenvalue weighted by atomic mass is 9.86. The Morgan fingerprint density at radius 3 is 1.85 bits per heavy atom. The van der Waals surface area contributed by atoms with E-state index in [0.717, 1.165) is 11.1 Å². The molecule has 0 fully saturated rings. The van der Waals surface area contributed by atoms with Crippen molar-refractivity contribution < 1.29 is 5.21 Å². The molecular weight excluding hydrogens is 402 g/mol. The molecule has 0 bridgehead atoms. The molecule has 0 spiro atoms. The van der Waals surface area contributed by atoms with E-state index in [1.54, 1.807) is 11.1 Å². The van der Waals surface area contributed by atoms with Crippen molar-refractivity contribution in [2.75, 3.05) is 0 Å². The van der Waals surface area contributed by atoms with Gasteiger partial charge in [0.05, 0.1) is 0 Å². The highest BCUT2D eigenvalue weighted by Crippen LogP contribution is 2.33. The van der Waals surface area contributed by atoms with Crippen LogP contribution >= 0.6 is 0 Å². The van der Waals surface area contributed by atoms with E-state index in [2.05, 4.69) is 53.7 Å². The molecule has 2 nitrogen and oxygen atoms in total. The smallest absolute Gasteiger partial charge is 0.117 e. The van der Waals surface area contributed by atoms with Crippen LogP contribution in [0.25, 0.3) is 21.5 Å². The van der Waals surface area contributed by atoms with Crippen molar-refractivity contribution in [3.05, 3.63) is 131 Å². The van der Waals surface area contributed by atoms with Gasteiger partial charge >= 0.3 is 0 Å². The summed E-state index contributed by atoms with van der Waals surface area (Å²) in [7, 11) is 0. The fourth-order valence-corrected chi connectivity index (χ4v) is 4.82. The van der Waals surface area contributed by atoms with Crippen LogP contribution in [-0.4, -0.2) is 10.9 Å². The zero-order valence-electron chi connectivity index (χ0n) is 18.6. The molecule has 33 heavy (non-hydrogen) atoms. The summed E-state index contributed by atoms with van der Waals surface area (Å²) >= 11 is 0. The molecule has 0 saturated heterocycles. The Labute approximate surface area is 194 Å². The summed E-state index contributed by atoms with van der Waals surface area (Å²) in [5.41, 5.74) is 5.59. The Bertz CT molecular complexity index is 1360. The van der Waals surface area contributed by atoms with Crippen molar-refractivity contribution in [1.29, 1.82) is 0 Å². The Balaban J connectivity index is 0.000000141. The first-order valence-corrected chi connectivity index (χ1v) is 11.6. The maximum atomic E-state index is 9.02. The average molecular weight is 430 g/mol. The van der Waals surface area contributed by atoms with Gasteiger partial charge in [-0.1, -0.05) is 114 Å². The fourth-order valence-electron chi connectivity index (χ4n) is 4.82. The molecule has 0 aromatic heterocycles. The molecule has 1 N–H and O–H groups in total. The summed E-state index contributed by atoms with van der Waals surface area (Å²) in [6.45, 7) is 0. The molecule has 0 unspecified atom stereocenters. The van der Waals surface area contributed by atoms with Gasteiger partial charge in [-0.05, 0) is 58.4 Å². The molecule has 2 heteroatoms. The predicted octanol–water partition coefficient (Wildman–Crippen LogP) is 7.79. The zero-order chi connectivity index (χ0) is 22.5. The monoisotopic (exact) mass is 429 g/mol. The molecule has 0 saturated carbocycles. The Morgan fingerprint density at radius 2 is 1.15 bits per heavy atom. The van der Waals surface area contributed by atoms with E-state index in [4.69, 9.17) is 5.21 Å². The van der Waals surface area contributed by atoms with Gasteiger partial charge in [-0.15, -0.1) is 0 Å². The number of hydrogen-bond acceptors (Lipinski definition) is 2. The molecule has 5 aromatic carbocycles. The van der Waals surface area contributed by atoms with Crippen LogP contribution in [0.3, 0.4) is 0 Å². The molecule has 1 aliphatic carbocycles. The van der Waals surface area contributed by atoms with Crippen molar-refractivity contribution in [3.8, 4) is 0 Å². The second kappa shape index (κ2) is 9.70. The lowest BCUT2D eigenvalue weighted by molar-refractivity contribution is 0.319. The molecule has 1 aliphatic rings. The third-order valence-electron chi connectivity index (χ3n) is 6.45. The van der Waals surface area contributed by atoms with E-state index in [1.807, 2.05) is 60.7 Å². The number of fused-ring (bicyclic) bond motifs is 5. The SMILES string of the molecule is ON=C(c1ccccc1)c1ccccc1.c1ccc2c(c1)ccc1c3c(ccc12)CCCC3. The van der Waals surface area contributed by atoms with Gasteiger partial charge in [0, 0.05) is 11.1 Å². The quantitative estimate of drug-likeness (QED) is 0.132. The minimum atomic E-state index is 0.594. The first-order chi connectivity index (χ1) is 16.3. The number of rotatable bonds is 2. The lowest BCUT2D eigenvalue weighted by Crippen LogP contribution is -2.02. The van der Waals surface area contributed by atoms with Crippen molar-refractivity contribution in [1.82, 2.24) is 0 Å². The largest absolute Gasteiger partial charge is 0.410 e. The number of benzene rings is 5. The van der Waals surface area contributed by atoms with Gasteiger partial charge in [0.1, 0.15) is 5.71 Å². The van der Waals surface area contributed by atoms with Crippen LogP contribution in [0.1, 0.15) is 35.1 Å². The molecule has 0 atom stereocenters. The standard InChI is InChI=1S/C18H16.C13H11NO/c1-3-7-15-13(5-1)9-11-18-16-8-4-2-6-14(16)10-12-17(15)18;15-14-13(11-7-3-1-4-8-11)12-9-5-2-6-10-12/h1,3,5,7,9-12H,2,4,6,8H2;1-10,15H. The Kier molecular flexibility index (Phi) is 6.16. The molecule has 162 valence electrons. The maximum absolute atomic E-state index is 9.02. The Morgan fingerprint density at radius 1 is 0.545 bits per heavy atom. The van der Waals surface area contributed by atoms with Crippen LogP contribution in [0, 0.1) is 0 Å². The normalized spacial score (nSPS) is 12.5. The van der Waals surface area contributed by atoms with Crippen molar-refractivity contribution in [2.45, 2.75) is 25.7 Å². The third kappa shape index (κ3) is 4.38. The topological polar surface area (TPSA) is 32.6 Å². The summed E-state index contributed by atoms with van der Waals surface area (Å²) in [5.74, 6) is 0. The van der Waals surface area contributed by atoms with Crippen LogP contribution in [0.5, 0.6) is 0 Å². The predicted molar refractivity (Wildman–Crippen MR) is 138 cm³/mol. The summed E-state index contributed by atoms with van der Waals surface area (Å²) in [6.07, 6.45) is 5.22. The van der Waals surface area contributed by atoms with Gasteiger partial charge in [0.2, 0.25) is 0 Å². The van der Waals surface area contributed by atoms with Crippen LogP contribution in [0.15, 0.2) is 114 Å². The fraction of sp³-hybridized carbons (Fsp3) is 0.129. The van der Waals surface area contributed by atoms with Gasteiger partial charge in [-0.3, -0.25) is 0 Å². The van der Waals surface area contributed by atoms with Crippen molar-refractivity contribution in [3.63, 3.8) is 0 Å². The third-order valence-corrected chi connectivity index (χ3v) is 6.45. The highest BCUT2D eigenvalue weighted by Gasteiger charge is 2.13. The van der Waals surface area contributed by atoms with Gasteiger partial charge in [0.15, 0.2) is 0 Å². The molecule has 0 radical (unpaired) electrons. The molecular formula is C31H27NO. The average Bonchev–Trinajstić information content (AvgIpc) is 2.90. The summed E-state index contributed by atoms with van der Waals surface area (Å²) in [5, 5.41) is 18.0. The van der Waals surface area contributed by atoms with Crippen molar-refractivity contribution in [2.24, 2.45) is 5.16 Å². The maximum Gasteiger partial charge on any atom is 0.117 e. The number of hydrogen-bond donors (Lipinski definition) is 1. The minimum absolute atomic E-state index is 0.594. The van der Waals surface area contributed by atoms with Gasteiger partial charge in [-0.2, -0.15) is 0 Å². The molecule has 6 rings (SSSR count). The van der Waals surface area contributed by atoms with E-state index in [-0.39, 0.29) is 0 Å². The van der Waals surface area contributed by atoms with Crippen LogP contribution in [-0.2, 0) is 12.8 Å². The first-order valence-electron chi connectivity index (χ1n) is 11.6. The molecule has 5 aromatic rings. The van der Waals surface area contributed by atoms with Crippen LogP contribution < -0.4 is 0 Å². The van der Waals surface area contributed by atoms with Gasteiger partial charge < -0.3 is 5.21 Å². The van der Waals surface area contributed by atoms with E-state index in [0.29, 0.717) is 5.71 Å². The van der Waals surface area contributed by atoms with E-state index in [9.17, 15) is 0 Å². The van der Waals surface area contributed by atoms with Crippen molar-refractivity contribution >= 4 is 27.3 Å². The highest BCUT2D eigenvalue weighted by atomic mass is 16.4. The highest BCUT2D eigenvalue weighted by molar-refractivity contribution is 6.12. The Hall–Kier alpha value is -3.91. The second-order valence-electron chi connectivity index (χ2n) is 8.47. The number of oxime groups is 1. The summed E-state index contributed by atoms with van der Waals surface area (Å²) in [4.78, 5) is 0. The van der Waals surface area contributed by atoms with E-state index in [1.165, 1.54) is 47.2 Å². The second-order valence-corrected chi connectivity index (χ2v) is 8.47. The zero-order valence-corrected chi connectivity index (χ0v) is 18.6. The number of nitrogens with zero attached hydrogens (tertiary/aromatic N) is 1. The van der Waals surface area contributed by atoms with E-state index >= 15 is 0 Å². The van der Waals surface area contributed by atoms with Crippen LogP contribution in [0.4, 0.5) is 0 Å².